The van der Waals surface area contributed by atoms with E-state index < -0.39 is 0 Å². The number of carbonyl (C=O) groups excluding carboxylic acids is 1. The molecule has 31 heavy (non-hydrogen) atoms. The lowest BCUT2D eigenvalue weighted by molar-refractivity contribution is 0.0736. The molecule has 0 radical (unpaired) electrons. The summed E-state index contributed by atoms with van der Waals surface area (Å²) in [6, 6.07) is 17.9. The van der Waals surface area contributed by atoms with Crippen molar-refractivity contribution in [1.29, 1.82) is 0 Å². The summed E-state index contributed by atoms with van der Waals surface area (Å²) in [7, 11) is 0. The Morgan fingerprint density at radius 2 is 1.87 bits per heavy atom. The fourth-order valence-corrected chi connectivity index (χ4v) is 5.42. The van der Waals surface area contributed by atoms with Gasteiger partial charge < -0.3 is 4.90 Å². The first-order valence-electron chi connectivity index (χ1n) is 10.5. The lowest BCUT2D eigenvalue weighted by Gasteiger charge is -2.27. The van der Waals surface area contributed by atoms with Crippen LogP contribution in [0.25, 0.3) is 10.2 Å². The van der Waals surface area contributed by atoms with Crippen molar-refractivity contribution < 1.29 is 4.79 Å². The summed E-state index contributed by atoms with van der Waals surface area (Å²) in [6.45, 7) is 3.72. The smallest absolute Gasteiger partial charge is 0.262 e. The van der Waals surface area contributed by atoms with E-state index in [4.69, 9.17) is 0 Å². The van der Waals surface area contributed by atoms with Crippen molar-refractivity contribution in [2.45, 2.75) is 32.9 Å². The van der Waals surface area contributed by atoms with E-state index in [-0.39, 0.29) is 11.5 Å². The molecular formula is C25H23N3O2S. The quantitative estimate of drug-likeness (QED) is 0.488. The molecule has 1 aliphatic heterocycles. The second-order valence-corrected chi connectivity index (χ2v) is 9.04. The molecule has 1 amide bonds. The SMILES string of the molecule is Cc1ccccc1C(=O)N1CCc2c(sc3ncn(CCc4ccccc4)c(=O)c23)C1. The van der Waals surface area contributed by atoms with E-state index in [1.807, 2.05) is 54.3 Å². The molecule has 0 unspecified atom stereocenters. The fraction of sp³-hybridized carbons (Fsp3) is 0.240. The Hall–Kier alpha value is -3.25. The van der Waals surface area contributed by atoms with E-state index in [0.29, 0.717) is 26.1 Å². The van der Waals surface area contributed by atoms with Crippen LogP contribution in [-0.4, -0.2) is 26.9 Å². The van der Waals surface area contributed by atoms with E-state index >= 15 is 0 Å². The molecule has 0 spiro atoms. The van der Waals surface area contributed by atoms with Gasteiger partial charge in [-0.1, -0.05) is 48.5 Å². The molecule has 5 rings (SSSR count). The lowest BCUT2D eigenvalue weighted by atomic mass is 10.0. The van der Waals surface area contributed by atoms with Gasteiger partial charge in [-0.15, -0.1) is 11.3 Å². The minimum Gasteiger partial charge on any atom is -0.333 e. The van der Waals surface area contributed by atoms with Crippen LogP contribution in [0.3, 0.4) is 0 Å². The summed E-state index contributed by atoms with van der Waals surface area (Å²) in [6.07, 6.45) is 3.14. The molecular weight excluding hydrogens is 406 g/mol. The summed E-state index contributed by atoms with van der Waals surface area (Å²) >= 11 is 1.54. The number of hydrogen-bond donors (Lipinski definition) is 0. The third-order valence-corrected chi connectivity index (χ3v) is 7.10. The maximum Gasteiger partial charge on any atom is 0.262 e. The third-order valence-electron chi connectivity index (χ3n) is 5.97. The van der Waals surface area contributed by atoms with E-state index in [1.165, 1.54) is 16.9 Å². The Kier molecular flexibility index (Phi) is 5.16. The average Bonchev–Trinajstić information content (AvgIpc) is 3.18. The van der Waals surface area contributed by atoms with Crippen molar-refractivity contribution in [3.05, 3.63) is 98.4 Å². The number of aromatic nitrogens is 2. The minimum absolute atomic E-state index is 0.0251. The van der Waals surface area contributed by atoms with Crippen LogP contribution >= 0.6 is 11.3 Å². The number of thiophene rings is 1. The van der Waals surface area contributed by atoms with Gasteiger partial charge in [0.05, 0.1) is 18.3 Å². The lowest BCUT2D eigenvalue weighted by Crippen LogP contribution is -2.36. The Labute approximate surface area is 184 Å². The molecule has 0 atom stereocenters. The molecule has 5 nitrogen and oxygen atoms in total. The molecule has 0 aliphatic carbocycles. The number of fused-ring (bicyclic) bond motifs is 3. The molecule has 2 aromatic heterocycles. The maximum atomic E-state index is 13.2. The Morgan fingerprint density at radius 1 is 1.10 bits per heavy atom. The first-order chi connectivity index (χ1) is 15.1. The van der Waals surface area contributed by atoms with Gasteiger partial charge in [-0.3, -0.25) is 14.2 Å². The van der Waals surface area contributed by atoms with Gasteiger partial charge in [0, 0.05) is 23.5 Å². The standard InChI is InChI=1S/C25H23N3O2S/c1-17-7-5-6-10-19(17)24(29)27-14-12-20-21(15-27)31-23-22(20)25(30)28(16-26-23)13-11-18-8-3-2-4-9-18/h2-10,16H,11-15H2,1H3. The topological polar surface area (TPSA) is 55.2 Å². The first-order valence-corrected chi connectivity index (χ1v) is 11.3. The van der Waals surface area contributed by atoms with Crippen LogP contribution in [0.5, 0.6) is 0 Å². The van der Waals surface area contributed by atoms with Gasteiger partial charge in [0.15, 0.2) is 0 Å². The molecule has 0 N–H and O–H groups in total. The van der Waals surface area contributed by atoms with Gasteiger partial charge in [-0.2, -0.15) is 0 Å². The van der Waals surface area contributed by atoms with Crippen LogP contribution in [0.15, 0.2) is 65.7 Å². The number of rotatable bonds is 4. The van der Waals surface area contributed by atoms with Crippen molar-refractivity contribution in [1.82, 2.24) is 14.5 Å². The zero-order valence-corrected chi connectivity index (χ0v) is 18.2. The van der Waals surface area contributed by atoms with Gasteiger partial charge >= 0.3 is 0 Å². The Balaban J connectivity index is 1.42. The Bertz CT molecular complexity index is 1320. The predicted molar refractivity (Wildman–Crippen MR) is 124 cm³/mol. The van der Waals surface area contributed by atoms with Crippen LogP contribution in [-0.2, 0) is 25.9 Å². The second kappa shape index (κ2) is 8.12. The zero-order valence-electron chi connectivity index (χ0n) is 17.4. The molecule has 0 bridgehead atoms. The van der Waals surface area contributed by atoms with Crippen molar-refractivity contribution in [3.63, 3.8) is 0 Å². The van der Waals surface area contributed by atoms with Gasteiger partial charge in [-0.25, -0.2) is 4.98 Å². The summed E-state index contributed by atoms with van der Waals surface area (Å²) in [4.78, 5) is 34.6. The highest BCUT2D eigenvalue weighted by Crippen LogP contribution is 2.33. The summed E-state index contributed by atoms with van der Waals surface area (Å²) in [5.74, 6) is 0.0504. The highest BCUT2D eigenvalue weighted by atomic mass is 32.1. The molecule has 0 saturated heterocycles. The van der Waals surface area contributed by atoms with Crippen LogP contribution in [0, 0.1) is 6.92 Å². The summed E-state index contributed by atoms with van der Waals surface area (Å²) in [5.41, 5.74) is 4.02. The number of amides is 1. The number of aryl methyl sites for hydroxylation is 3. The van der Waals surface area contributed by atoms with Crippen molar-refractivity contribution >= 4 is 27.5 Å². The van der Waals surface area contributed by atoms with E-state index in [0.717, 1.165) is 38.2 Å². The number of hydrogen-bond acceptors (Lipinski definition) is 4. The number of carbonyl (C=O) groups is 1. The fourth-order valence-electron chi connectivity index (χ4n) is 4.23. The van der Waals surface area contributed by atoms with E-state index in [2.05, 4.69) is 17.1 Å². The summed E-state index contributed by atoms with van der Waals surface area (Å²) in [5, 5.41) is 0.735. The second-order valence-electron chi connectivity index (χ2n) is 7.95. The Morgan fingerprint density at radius 3 is 2.68 bits per heavy atom. The molecule has 1 aliphatic rings. The summed E-state index contributed by atoms with van der Waals surface area (Å²) < 4.78 is 1.72. The highest BCUT2D eigenvalue weighted by molar-refractivity contribution is 7.18. The van der Waals surface area contributed by atoms with Crippen molar-refractivity contribution in [2.75, 3.05) is 6.54 Å². The highest BCUT2D eigenvalue weighted by Gasteiger charge is 2.27. The van der Waals surface area contributed by atoms with E-state index in [1.54, 1.807) is 10.9 Å². The largest absolute Gasteiger partial charge is 0.333 e. The van der Waals surface area contributed by atoms with Crippen LogP contribution in [0.1, 0.15) is 31.9 Å². The molecule has 156 valence electrons. The first kappa shape index (κ1) is 19.7. The number of nitrogens with zero attached hydrogens (tertiary/aromatic N) is 3. The maximum absolute atomic E-state index is 13.2. The van der Waals surface area contributed by atoms with Crippen molar-refractivity contribution in [3.8, 4) is 0 Å². The van der Waals surface area contributed by atoms with Gasteiger partial charge in [0.1, 0.15) is 4.83 Å². The molecule has 4 aromatic rings. The van der Waals surface area contributed by atoms with Crippen LogP contribution < -0.4 is 5.56 Å². The van der Waals surface area contributed by atoms with E-state index in [9.17, 15) is 9.59 Å². The molecule has 0 fully saturated rings. The monoisotopic (exact) mass is 429 g/mol. The minimum atomic E-state index is 0.0251. The van der Waals surface area contributed by atoms with Crippen LogP contribution in [0.2, 0.25) is 0 Å². The van der Waals surface area contributed by atoms with Crippen molar-refractivity contribution in [2.24, 2.45) is 0 Å². The molecule has 0 saturated carbocycles. The third kappa shape index (κ3) is 3.68. The molecule has 2 aromatic carbocycles. The zero-order chi connectivity index (χ0) is 21.4. The van der Waals surface area contributed by atoms with Gasteiger partial charge in [-0.05, 0) is 42.5 Å². The predicted octanol–water partition coefficient (Wildman–Crippen LogP) is 4.21. The molecule has 3 heterocycles. The molecule has 6 heteroatoms. The number of benzene rings is 2. The average molecular weight is 430 g/mol. The van der Waals surface area contributed by atoms with Gasteiger partial charge in [0.25, 0.3) is 11.5 Å². The normalized spacial score (nSPS) is 13.4. The van der Waals surface area contributed by atoms with Crippen LogP contribution in [0.4, 0.5) is 0 Å². The van der Waals surface area contributed by atoms with Gasteiger partial charge in [0.2, 0.25) is 0 Å².